The molecule has 3 aliphatic heterocycles. The predicted molar refractivity (Wildman–Crippen MR) is 176 cm³/mol. The van der Waals surface area contributed by atoms with Crippen LogP contribution in [0.4, 0.5) is 14.5 Å². The van der Waals surface area contributed by atoms with Gasteiger partial charge in [0.15, 0.2) is 17.3 Å². The van der Waals surface area contributed by atoms with E-state index in [1.807, 2.05) is 40.5 Å². The number of nitrogens with zero attached hydrogens (tertiary/aromatic N) is 6. The lowest BCUT2D eigenvalue weighted by molar-refractivity contribution is -0.0705. The van der Waals surface area contributed by atoms with Crippen LogP contribution in [0.2, 0.25) is 5.02 Å². The normalized spacial score (nSPS) is 21.9. The first-order valence-electron chi connectivity index (χ1n) is 16.0. The van der Waals surface area contributed by atoms with Gasteiger partial charge >= 0.3 is 5.97 Å². The number of piperazine rings is 1. The number of aryl methyl sites for hydroxylation is 3. The summed E-state index contributed by atoms with van der Waals surface area (Å²) >= 11 is 6.00. The van der Waals surface area contributed by atoms with E-state index in [-0.39, 0.29) is 33.7 Å². The minimum absolute atomic E-state index is 0.0318. The maximum atomic E-state index is 15.3. The Bertz CT molecular complexity index is 2100. The summed E-state index contributed by atoms with van der Waals surface area (Å²) in [5, 5.41) is 9.94. The summed E-state index contributed by atoms with van der Waals surface area (Å²) in [6.45, 7) is 7.18. The fraction of sp³-hybridized carbons (Fsp3) is 0.343. The molecule has 1 N–H and O–H groups in total. The SMILES string of the molecule is Cc1nccn1CCn1c(CN2CCN(c3cccc4c3O[C@@](C)(c3ccc(Cl)cc3F)O4)[C@@H]3COC[C@@H]32)nc2c(F)cc(C(=O)O)cc21. The number of benzene rings is 3. The average molecular weight is 691 g/mol. The second-order valence-corrected chi connectivity index (χ2v) is 13.1. The van der Waals surface area contributed by atoms with Crippen LogP contribution in [-0.2, 0) is 30.2 Å². The molecule has 0 unspecified atom stereocenters. The number of imidazole rings is 2. The third-order valence-electron chi connectivity index (χ3n) is 9.77. The number of aromatic nitrogens is 4. The van der Waals surface area contributed by atoms with Crippen molar-refractivity contribution in [2.75, 3.05) is 31.2 Å². The van der Waals surface area contributed by atoms with Crippen LogP contribution in [0.25, 0.3) is 11.0 Å². The van der Waals surface area contributed by atoms with E-state index in [0.29, 0.717) is 68.8 Å². The van der Waals surface area contributed by atoms with Crippen molar-refractivity contribution in [3.05, 3.63) is 100 Å². The Balaban J connectivity index is 1.08. The molecule has 2 saturated heterocycles. The van der Waals surface area contributed by atoms with Gasteiger partial charge in [0.2, 0.25) is 0 Å². The van der Waals surface area contributed by atoms with E-state index in [2.05, 4.69) is 14.8 Å². The molecule has 0 spiro atoms. The molecule has 3 aromatic carbocycles. The van der Waals surface area contributed by atoms with Crippen molar-refractivity contribution in [3.63, 3.8) is 0 Å². The molecular weight excluding hydrogens is 658 g/mol. The molecule has 2 fully saturated rings. The monoisotopic (exact) mass is 690 g/mol. The van der Waals surface area contributed by atoms with E-state index in [1.54, 1.807) is 25.3 Å². The van der Waals surface area contributed by atoms with Gasteiger partial charge in [-0.1, -0.05) is 17.7 Å². The maximum Gasteiger partial charge on any atom is 0.335 e. The average Bonchev–Trinajstić information content (AvgIpc) is 3.85. The second kappa shape index (κ2) is 12.0. The quantitative estimate of drug-likeness (QED) is 0.223. The summed E-state index contributed by atoms with van der Waals surface area (Å²) in [7, 11) is 0. The molecule has 0 saturated carbocycles. The largest absolute Gasteiger partial charge is 0.478 e. The molecular formula is C35H33ClF2N6O5. The number of halogens is 3. The van der Waals surface area contributed by atoms with E-state index >= 15 is 8.78 Å². The van der Waals surface area contributed by atoms with Crippen molar-refractivity contribution in [2.45, 2.75) is 51.4 Å². The Labute approximate surface area is 285 Å². The number of fused-ring (bicyclic) bond motifs is 3. The standard InChI is InChI=1S/C35H33ClF2N6O5/c1-20-39-8-9-41(20)10-13-44-27-15-21(34(45)46)14-25(38)32(27)40-31(44)17-42-11-12-43(29-19-47-18-28(29)42)26-4-3-5-30-33(26)49-35(2,48-30)23-7-6-22(36)16-24(23)37/h3-9,14-16,28-29H,10-13,17-19H2,1-2H3,(H,45,46)/t28-,29+,35-/m0/s1. The second-order valence-electron chi connectivity index (χ2n) is 12.7. The van der Waals surface area contributed by atoms with Gasteiger partial charge in [-0.05, 0) is 49.4 Å². The van der Waals surface area contributed by atoms with Gasteiger partial charge in [0.05, 0.1) is 54.2 Å². The number of aromatic carboxylic acids is 1. The zero-order valence-electron chi connectivity index (χ0n) is 26.8. The van der Waals surface area contributed by atoms with E-state index < -0.39 is 23.4 Å². The van der Waals surface area contributed by atoms with Crippen LogP contribution < -0.4 is 14.4 Å². The van der Waals surface area contributed by atoms with Crippen LogP contribution in [0.15, 0.2) is 60.9 Å². The number of hydrogen-bond acceptors (Lipinski definition) is 8. The van der Waals surface area contributed by atoms with Crippen molar-refractivity contribution in [1.82, 2.24) is 24.0 Å². The predicted octanol–water partition coefficient (Wildman–Crippen LogP) is 5.60. The Morgan fingerprint density at radius 2 is 1.90 bits per heavy atom. The van der Waals surface area contributed by atoms with Crippen molar-refractivity contribution >= 4 is 34.3 Å². The Morgan fingerprint density at radius 1 is 1.06 bits per heavy atom. The Kier molecular flexibility index (Phi) is 7.73. The van der Waals surface area contributed by atoms with Crippen LogP contribution in [-0.4, -0.2) is 73.5 Å². The van der Waals surface area contributed by atoms with E-state index in [9.17, 15) is 9.90 Å². The minimum atomic E-state index is -1.38. The van der Waals surface area contributed by atoms with Gasteiger partial charge in [-0.2, -0.15) is 0 Å². The lowest BCUT2D eigenvalue weighted by Gasteiger charge is -2.44. The molecule has 8 rings (SSSR count). The molecule has 49 heavy (non-hydrogen) atoms. The number of carboxylic acid groups (broad SMARTS) is 1. The topological polar surface area (TPSA) is 107 Å². The van der Waals surface area contributed by atoms with Crippen molar-refractivity contribution < 1.29 is 32.9 Å². The first-order valence-corrected chi connectivity index (χ1v) is 16.4. The van der Waals surface area contributed by atoms with Crippen molar-refractivity contribution in [1.29, 1.82) is 0 Å². The fourth-order valence-corrected chi connectivity index (χ4v) is 7.46. The number of rotatable bonds is 8. The smallest absolute Gasteiger partial charge is 0.335 e. The first-order chi connectivity index (χ1) is 23.6. The molecule has 5 heterocycles. The summed E-state index contributed by atoms with van der Waals surface area (Å²) in [5.41, 5.74) is 1.49. The molecule has 11 nitrogen and oxygen atoms in total. The Hall–Kier alpha value is -4.72. The van der Waals surface area contributed by atoms with Gasteiger partial charge in [-0.15, -0.1) is 0 Å². The molecule has 254 valence electrons. The van der Waals surface area contributed by atoms with Gasteiger partial charge in [-0.3, -0.25) is 4.90 Å². The van der Waals surface area contributed by atoms with Crippen LogP contribution >= 0.6 is 11.6 Å². The van der Waals surface area contributed by atoms with Crippen molar-refractivity contribution in [2.24, 2.45) is 0 Å². The minimum Gasteiger partial charge on any atom is -0.478 e. The van der Waals surface area contributed by atoms with Gasteiger partial charge in [0, 0.05) is 50.5 Å². The summed E-state index contributed by atoms with van der Waals surface area (Å²) in [5.74, 6) is -1.28. The fourth-order valence-electron chi connectivity index (χ4n) is 7.30. The van der Waals surface area contributed by atoms with Gasteiger partial charge in [0.1, 0.15) is 23.0 Å². The number of carboxylic acids is 1. The molecule has 14 heteroatoms. The maximum absolute atomic E-state index is 15.3. The molecule has 5 aromatic rings. The van der Waals surface area contributed by atoms with Gasteiger partial charge in [0.25, 0.3) is 5.79 Å². The highest BCUT2D eigenvalue weighted by Gasteiger charge is 2.46. The first kappa shape index (κ1) is 31.5. The number of anilines is 1. The van der Waals surface area contributed by atoms with Crippen LogP contribution in [0, 0.1) is 18.6 Å². The van der Waals surface area contributed by atoms with Crippen LogP contribution in [0.3, 0.4) is 0 Å². The summed E-state index contributed by atoms with van der Waals surface area (Å²) in [6.07, 6.45) is 3.60. The highest BCUT2D eigenvalue weighted by Crippen LogP contribution is 2.51. The summed E-state index contributed by atoms with van der Waals surface area (Å²) in [4.78, 5) is 25.4. The lowest BCUT2D eigenvalue weighted by atomic mass is 10.0. The molecule has 0 aliphatic carbocycles. The molecule has 2 aromatic heterocycles. The molecule has 3 aliphatic rings. The molecule has 3 atom stereocenters. The number of ether oxygens (including phenoxy) is 3. The molecule has 0 bridgehead atoms. The molecule has 0 radical (unpaired) electrons. The zero-order valence-corrected chi connectivity index (χ0v) is 27.5. The third kappa shape index (κ3) is 5.45. The van der Waals surface area contributed by atoms with E-state index in [1.165, 1.54) is 12.1 Å². The number of para-hydroxylation sites is 1. The van der Waals surface area contributed by atoms with E-state index in [0.717, 1.165) is 17.6 Å². The van der Waals surface area contributed by atoms with Crippen LogP contribution in [0.5, 0.6) is 11.5 Å². The van der Waals surface area contributed by atoms with Gasteiger partial charge < -0.3 is 33.4 Å². The highest BCUT2D eigenvalue weighted by molar-refractivity contribution is 6.30. The van der Waals surface area contributed by atoms with E-state index in [4.69, 9.17) is 30.8 Å². The number of hydrogen-bond donors (Lipinski definition) is 1. The van der Waals surface area contributed by atoms with Gasteiger partial charge in [-0.25, -0.2) is 23.5 Å². The Morgan fingerprint density at radius 3 is 2.67 bits per heavy atom. The summed E-state index contributed by atoms with van der Waals surface area (Å²) in [6, 6.07) is 12.5. The van der Waals surface area contributed by atoms with Crippen LogP contribution in [0.1, 0.15) is 34.5 Å². The van der Waals surface area contributed by atoms with Crippen molar-refractivity contribution in [3.8, 4) is 11.5 Å². The lowest BCUT2D eigenvalue weighted by Crippen LogP contribution is -2.59. The highest BCUT2D eigenvalue weighted by atomic mass is 35.5. The number of carbonyl (C=O) groups is 1. The summed E-state index contributed by atoms with van der Waals surface area (Å²) < 4.78 is 52.9. The third-order valence-corrected chi connectivity index (χ3v) is 10.0. The molecule has 0 amide bonds. The zero-order chi connectivity index (χ0) is 34.0.